The average Bonchev–Trinajstić information content (AvgIpc) is 2.77. The van der Waals surface area contributed by atoms with Gasteiger partial charge in [-0.3, -0.25) is 0 Å². The predicted molar refractivity (Wildman–Crippen MR) is 77.4 cm³/mol. The Labute approximate surface area is 115 Å². The van der Waals surface area contributed by atoms with Gasteiger partial charge in [-0.1, -0.05) is 13.3 Å². The summed E-state index contributed by atoms with van der Waals surface area (Å²) in [4.78, 5) is 11.2. The fraction of sp³-hybridized carbons (Fsp3) is 0.733. The van der Waals surface area contributed by atoms with Crippen LogP contribution in [0.15, 0.2) is 12.4 Å². The molecule has 4 heteroatoms. The molecule has 0 saturated carbocycles. The Hall–Kier alpha value is -1.16. The number of aryl methyl sites for hydroxylation is 1. The lowest BCUT2D eigenvalue weighted by molar-refractivity contribution is 0.353. The molecule has 2 aliphatic rings. The zero-order chi connectivity index (χ0) is 13.2. The molecule has 2 fully saturated rings. The van der Waals surface area contributed by atoms with Crippen molar-refractivity contribution < 1.29 is 0 Å². The number of fused-ring (bicyclic) bond motifs is 2. The Kier molecular flexibility index (Phi) is 3.69. The van der Waals surface area contributed by atoms with Crippen LogP contribution in [-0.2, 0) is 6.42 Å². The van der Waals surface area contributed by atoms with Gasteiger partial charge in [0.1, 0.15) is 12.1 Å². The molecule has 1 aromatic rings. The Morgan fingerprint density at radius 2 is 2.00 bits per heavy atom. The SMILES string of the molecule is CCCc1cc(N(C)C2CC3CCC(C2)N3)ncn1. The number of anilines is 1. The number of rotatable bonds is 4. The van der Waals surface area contributed by atoms with Crippen LogP contribution < -0.4 is 10.2 Å². The summed E-state index contributed by atoms with van der Waals surface area (Å²) in [5, 5.41) is 3.70. The van der Waals surface area contributed by atoms with Crippen LogP contribution in [0, 0.1) is 0 Å². The van der Waals surface area contributed by atoms with Gasteiger partial charge in [0.25, 0.3) is 0 Å². The van der Waals surface area contributed by atoms with Crippen molar-refractivity contribution in [2.45, 2.75) is 63.6 Å². The summed E-state index contributed by atoms with van der Waals surface area (Å²) in [6, 6.07) is 4.24. The maximum atomic E-state index is 4.46. The first-order chi connectivity index (χ1) is 9.26. The van der Waals surface area contributed by atoms with E-state index in [0.29, 0.717) is 6.04 Å². The summed E-state index contributed by atoms with van der Waals surface area (Å²) in [6.45, 7) is 2.19. The average molecular weight is 260 g/mol. The highest BCUT2D eigenvalue weighted by Gasteiger charge is 2.35. The number of nitrogens with one attached hydrogen (secondary N) is 1. The van der Waals surface area contributed by atoms with Gasteiger partial charge in [0.15, 0.2) is 0 Å². The lowest BCUT2D eigenvalue weighted by Gasteiger charge is -2.36. The van der Waals surface area contributed by atoms with E-state index in [-0.39, 0.29) is 0 Å². The van der Waals surface area contributed by atoms with E-state index in [0.717, 1.165) is 36.4 Å². The molecular formula is C15H24N4. The van der Waals surface area contributed by atoms with Gasteiger partial charge < -0.3 is 10.2 Å². The second-order valence-corrected chi connectivity index (χ2v) is 5.99. The minimum atomic E-state index is 0.628. The highest BCUT2D eigenvalue weighted by atomic mass is 15.2. The molecule has 104 valence electrons. The van der Waals surface area contributed by atoms with Gasteiger partial charge in [-0.2, -0.15) is 0 Å². The molecule has 0 radical (unpaired) electrons. The second-order valence-electron chi connectivity index (χ2n) is 5.99. The summed E-state index contributed by atoms with van der Waals surface area (Å²) < 4.78 is 0. The molecule has 0 spiro atoms. The zero-order valence-corrected chi connectivity index (χ0v) is 12.0. The van der Waals surface area contributed by atoms with Gasteiger partial charge in [0.2, 0.25) is 0 Å². The van der Waals surface area contributed by atoms with Crippen molar-refractivity contribution in [2.24, 2.45) is 0 Å². The van der Waals surface area contributed by atoms with Crippen LogP contribution in [0.3, 0.4) is 0 Å². The van der Waals surface area contributed by atoms with E-state index in [1.807, 2.05) is 0 Å². The van der Waals surface area contributed by atoms with E-state index < -0.39 is 0 Å². The molecule has 1 aromatic heterocycles. The number of aromatic nitrogens is 2. The molecule has 2 unspecified atom stereocenters. The highest BCUT2D eigenvalue weighted by molar-refractivity contribution is 5.39. The van der Waals surface area contributed by atoms with Crippen molar-refractivity contribution in [2.75, 3.05) is 11.9 Å². The molecule has 19 heavy (non-hydrogen) atoms. The molecule has 2 atom stereocenters. The van der Waals surface area contributed by atoms with Crippen LogP contribution in [-0.4, -0.2) is 35.1 Å². The topological polar surface area (TPSA) is 41.0 Å². The van der Waals surface area contributed by atoms with E-state index in [1.54, 1.807) is 6.33 Å². The van der Waals surface area contributed by atoms with Crippen molar-refractivity contribution in [1.29, 1.82) is 0 Å². The third-order valence-corrected chi connectivity index (χ3v) is 4.57. The first kappa shape index (κ1) is 12.9. The second kappa shape index (κ2) is 5.45. The lowest BCUT2D eigenvalue weighted by atomic mass is 9.98. The number of piperidine rings is 1. The van der Waals surface area contributed by atoms with Crippen LogP contribution in [0.1, 0.15) is 44.7 Å². The monoisotopic (exact) mass is 260 g/mol. The summed E-state index contributed by atoms with van der Waals surface area (Å²) in [5.74, 6) is 1.09. The Morgan fingerprint density at radius 1 is 1.26 bits per heavy atom. The van der Waals surface area contributed by atoms with Crippen molar-refractivity contribution >= 4 is 5.82 Å². The number of hydrogen-bond acceptors (Lipinski definition) is 4. The van der Waals surface area contributed by atoms with Gasteiger partial charge >= 0.3 is 0 Å². The highest BCUT2D eigenvalue weighted by Crippen LogP contribution is 2.30. The Balaban J connectivity index is 1.72. The summed E-state index contributed by atoms with van der Waals surface area (Å²) in [6.07, 6.45) is 9.09. The van der Waals surface area contributed by atoms with Crippen molar-refractivity contribution in [3.63, 3.8) is 0 Å². The van der Waals surface area contributed by atoms with Gasteiger partial charge in [-0.15, -0.1) is 0 Å². The lowest BCUT2D eigenvalue weighted by Crippen LogP contribution is -2.47. The molecule has 2 aliphatic heterocycles. The molecule has 4 nitrogen and oxygen atoms in total. The van der Waals surface area contributed by atoms with Crippen LogP contribution in [0.4, 0.5) is 5.82 Å². The van der Waals surface area contributed by atoms with E-state index in [2.05, 4.69) is 40.2 Å². The Morgan fingerprint density at radius 3 is 2.68 bits per heavy atom. The first-order valence-corrected chi connectivity index (χ1v) is 7.56. The quantitative estimate of drug-likeness (QED) is 0.900. The van der Waals surface area contributed by atoms with Crippen LogP contribution in [0.5, 0.6) is 0 Å². The molecule has 2 saturated heterocycles. The minimum absolute atomic E-state index is 0.628. The van der Waals surface area contributed by atoms with Gasteiger partial charge in [0.05, 0.1) is 0 Å². The summed E-state index contributed by atoms with van der Waals surface area (Å²) in [5.41, 5.74) is 1.16. The van der Waals surface area contributed by atoms with E-state index in [9.17, 15) is 0 Å². The predicted octanol–water partition coefficient (Wildman–Crippen LogP) is 2.15. The van der Waals surface area contributed by atoms with Gasteiger partial charge in [-0.25, -0.2) is 9.97 Å². The zero-order valence-electron chi connectivity index (χ0n) is 12.0. The van der Waals surface area contributed by atoms with Crippen LogP contribution in [0.2, 0.25) is 0 Å². The van der Waals surface area contributed by atoms with Crippen molar-refractivity contribution in [3.05, 3.63) is 18.1 Å². The fourth-order valence-corrected chi connectivity index (χ4v) is 3.50. The molecular weight excluding hydrogens is 236 g/mol. The van der Waals surface area contributed by atoms with E-state index in [4.69, 9.17) is 0 Å². The van der Waals surface area contributed by atoms with Gasteiger partial charge in [-0.05, 0) is 32.1 Å². The maximum Gasteiger partial charge on any atom is 0.132 e. The van der Waals surface area contributed by atoms with Crippen LogP contribution in [0.25, 0.3) is 0 Å². The Bertz CT molecular complexity index is 422. The molecule has 3 heterocycles. The fourth-order valence-electron chi connectivity index (χ4n) is 3.50. The largest absolute Gasteiger partial charge is 0.356 e. The van der Waals surface area contributed by atoms with Crippen LogP contribution >= 0.6 is 0 Å². The standard InChI is InChI=1S/C15H24N4/c1-3-4-11-9-15(17-10-16-11)19(2)14-7-12-5-6-13(8-14)18-12/h9-10,12-14,18H,3-8H2,1-2H3. The first-order valence-electron chi connectivity index (χ1n) is 7.56. The minimum Gasteiger partial charge on any atom is -0.356 e. The smallest absolute Gasteiger partial charge is 0.132 e. The summed E-state index contributed by atoms with van der Waals surface area (Å²) in [7, 11) is 2.19. The van der Waals surface area contributed by atoms with Gasteiger partial charge in [0, 0.05) is 36.9 Å². The van der Waals surface area contributed by atoms with Crippen molar-refractivity contribution in [3.8, 4) is 0 Å². The molecule has 0 aromatic carbocycles. The van der Waals surface area contributed by atoms with E-state index in [1.165, 1.54) is 25.7 Å². The number of hydrogen-bond donors (Lipinski definition) is 1. The molecule has 1 N–H and O–H groups in total. The third-order valence-electron chi connectivity index (χ3n) is 4.57. The normalized spacial score (nSPS) is 29.5. The molecule has 3 rings (SSSR count). The third kappa shape index (κ3) is 2.73. The maximum absolute atomic E-state index is 4.46. The van der Waals surface area contributed by atoms with Crippen molar-refractivity contribution in [1.82, 2.24) is 15.3 Å². The molecule has 0 amide bonds. The molecule has 2 bridgehead atoms. The molecule has 0 aliphatic carbocycles. The summed E-state index contributed by atoms with van der Waals surface area (Å²) >= 11 is 0. The van der Waals surface area contributed by atoms with E-state index >= 15 is 0 Å². The number of nitrogens with zero attached hydrogens (tertiary/aromatic N) is 3.